The van der Waals surface area contributed by atoms with Crippen molar-refractivity contribution in [1.82, 2.24) is 14.5 Å². The quantitative estimate of drug-likeness (QED) is 0.286. The Hall–Kier alpha value is -4.48. The molecule has 3 heterocycles. The van der Waals surface area contributed by atoms with E-state index in [9.17, 15) is 12.8 Å². The number of hydrogen-bond donors (Lipinski definition) is 1. The molecule has 0 unspecified atom stereocenters. The topological polar surface area (TPSA) is 98.6 Å². The molecule has 9 nitrogen and oxygen atoms in total. The molecule has 210 valence electrons. The number of benzene rings is 3. The molecular formula is C30H28FN5O4S. The minimum Gasteiger partial charge on any atom is -0.480 e. The van der Waals surface area contributed by atoms with E-state index in [2.05, 4.69) is 43.4 Å². The van der Waals surface area contributed by atoms with Crippen molar-refractivity contribution < 1.29 is 22.3 Å². The van der Waals surface area contributed by atoms with Crippen LogP contribution in [0.3, 0.4) is 0 Å². The van der Waals surface area contributed by atoms with Gasteiger partial charge in [-0.3, -0.25) is 9.29 Å². The number of halogens is 1. The van der Waals surface area contributed by atoms with Crippen LogP contribution in [0.4, 0.5) is 15.8 Å². The van der Waals surface area contributed by atoms with Crippen LogP contribution >= 0.6 is 0 Å². The summed E-state index contributed by atoms with van der Waals surface area (Å²) in [4.78, 5) is 11.1. The summed E-state index contributed by atoms with van der Waals surface area (Å²) in [6.45, 7) is 5.11. The number of rotatable bonds is 7. The summed E-state index contributed by atoms with van der Waals surface area (Å²) in [6, 6.07) is 21.1. The van der Waals surface area contributed by atoms with Crippen LogP contribution in [0.1, 0.15) is 5.82 Å². The van der Waals surface area contributed by atoms with Crippen LogP contribution in [0.15, 0.2) is 83.9 Å². The van der Waals surface area contributed by atoms with E-state index in [0.717, 1.165) is 60.1 Å². The first kappa shape index (κ1) is 26.7. The molecule has 2 aromatic heterocycles. The normalized spacial score (nSPS) is 13.9. The first-order chi connectivity index (χ1) is 19.8. The molecule has 0 bridgehead atoms. The molecule has 5 aromatic rings. The van der Waals surface area contributed by atoms with E-state index in [1.54, 1.807) is 12.3 Å². The molecule has 0 spiro atoms. The summed E-state index contributed by atoms with van der Waals surface area (Å²) in [6.07, 6.45) is 1.55. The largest absolute Gasteiger partial charge is 0.480 e. The minimum absolute atomic E-state index is 0.0973. The summed E-state index contributed by atoms with van der Waals surface area (Å²) >= 11 is 0. The van der Waals surface area contributed by atoms with Gasteiger partial charge in [0.15, 0.2) is 0 Å². The highest BCUT2D eigenvalue weighted by atomic mass is 32.2. The molecule has 1 aliphatic rings. The van der Waals surface area contributed by atoms with Crippen LogP contribution in [0.5, 0.6) is 5.88 Å². The molecule has 3 aromatic carbocycles. The van der Waals surface area contributed by atoms with Gasteiger partial charge in [0.25, 0.3) is 10.0 Å². The highest BCUT2D eigenvalue weighted by molar-refractivity contribution is 7.92. The molecule has 1 fully saturated rings. The standard InChI is InChI=1S/C30H28FN5O4S/c1-20-33-27-12-7-21(17-28(27)36(20)24-10-8-23(9-11-24)35-13-15-40-16-14-35)22-18-29(30(39-2)32-19-22)41(37,38)34-26-6-4-3-5-25(26)31/h3-12,17-19,34H,13-16H2,1-2H3. The lowest BCUT2D eigenvalue weighted by Gasteiger charge is -2.29. The number of morpholine rings is 1. The van der Waals surface area contributed by atoms with Crippen molar-refractivity contribution in [2.24, 2.45) is 0 Å². The minimum atomic E-state index is -4.22. The van der Waals surface area contributed by atoms with Gasteiger partial charge in [0, 0.05) is 36.2 Å². The molecule has 1 aliphatic heterocycles. The summed E-state index contributed by atoms with van der Waals surface area (Å²) in [5.41, 5.74) is 4.89. The maximum absolute atomic E-state index is 14.2. The smallest absolute Gasteiger partial charge is 0.267 e. The summed E-state index contributed by atoms with van der Waals surface area (Å²) in [5, 5.41) is 0. The number of anilines is 2. The third-order valence-corrected chi connectivity index (χ3v) is 8.42. The maximum Gasteiger partial charge on any atom is 0.267 e. The van der Waals surface area contributed by atoms with Gasteiger partial charge in [0.2, 0.25) is 5.88 Å². The fourth-order valence-electron chi connectivity index (χ4n) is 5.01. The zero-order valence-electron chi connectivity index (χ0n) is 22.5. The van der Waals surface area contributed by atoms with Crippen LogP contribution in [0.2, 0.25) is 0 Å². The van der Waals surface area contributed by atoms with E-state index in [4.69, 9.17) is 14.5 Å². The zero-order valence-corrected chi connectivity index (χ0v) is 23.4. The SMILES string of the molecule is COc1ncc(-c2ccc3nc(C)n(-c4ccc(N5CCOCC5)cc4)c3c2)cc1S(=O)(=O)Nc1ccccc1F. The van der Waals surface area contributed by atoms with E-state index in [1.165, 1.54) is 31.4 Å². The van der Waals surface area contributed by atoms with E-state index in [0.29, 0.717) is 5.56 Å². The first-order valence-corrected chi connectivity index (χ1v) is 14.6. The first-order valence-electron chi connectivity index (χ1n) is 13.1. The third-order valence-electron chi connectivity index (χ3n) is 7.06. The molecule has 0 saturated carbocycles. The molecule has 11 heteroatoms. The molecular weight excluding hydrogens is 545 g/mol. The molecule has 6 rings (SSSR count). The fraction of sp³-hybridized carbons (Fsp3) is 0.200. The Labute approximate surface area is 237 Å². The Bertz CT molecular complexity index is 1830. The molecule has 0 amide bonds. The van der Waals surface area contributed by atoms with E-state index >= 15 is 0 Å². The molecule has 0 aliphatic carbocycles. The lowest BCUT2D eigenvalue weighted by molar-refractivity contribution is 0.122. The number of nitrogens with zero attached hydrogens (tertiary/aromatic N) is 4. The van der Waals surface area contributed by atoms with E-state index < -0.39 is 15.8 Å². The van der Waals surface area contributed by atoms with Crippen LogP contribution in [-0.2, 0) is 14.8 Å². The van der Waals surface area contributed by atoms with Gasteiger partial charge in [0.05, 0.1) is 37.0 Å². The Morgan fingerprint density at radius 3 is 2.41 bits per heavy atom. The number of ether oxygens (including phenoxy) is 2. The van der Waals surface area contributed by atoms with Crippen molar-refractivity contribution in [2.45, 2.75) is 11.8 Å². The van der Waals surface area contributed by atoms with E-state index in [1.807, 2.05) is 25.1 Å². The van der Waals surface area contributed by atoms with Crippen molar-refractivity contribution in [3.05, 3.63) is 90.6 Å². The zero-order chi connectivity index (χ0) is 28.6. The van der Waals surface area contributed by atoms with Gasteiger partial charge in [0.1, 0.15) is 16.5 Å². The van der Waals surface area contributed by atoms with Gasteiger partial charge in [-0.1, -0.05) is 18.2 Å². The fourth-order valence-corrected chi connectivity index (χ4v) is 6.23. The van der Waals surface area contributed by atoms with Crippen molar-refractivity contribution >= 4 is 32.4 Å². The average Bonchev–Trinajstić information content (AvgIpc) is 3.33. The number of nitrogens with one attached hydrogen (secondary N) is 1. The van der Waals surface area contributed by atoms with Gasteiger partial charge in [-0.25, -0.2) is 22.8 Å². The van der Waals surface area contributed by atoms with Gasteiger partial charge >= 0.3 is 0 Å². The van der Waals surface area contributed by atoms with Crippen LogP contribution < -0.4 is 14.4 Å². The predicted octanol–water partition coefficient (Wildman–Crippen LogP) is 5.18. The highest BCUT2D eigenvalue weighted by Gasteiger charge is 2.23. The number of pyridine rings is 1. The second-order valence-corrected chi connectivity index (χ2v) is 11.3. The van der Waals surface area contributed by atoms with Gasteiger partial charge < -0.3 is 14.4 Å². The molecule has 0 radical (unpaired) electrons. The lowest BCUT2D eigenvalue weighted by atomic mass is 10.1. The second-order valence-electron chi connectivity index (χ2n) is 9.63. The Balaban J connectivity index is 1.38. The number of imidazole rings is 1. The summed E-state index contributed by atoms with van der Waals surface area (Å²) < 4.78 is 55.9. The number of fused-ring (bicyclic) bond motifs is 1. The summed E-state index contributed by atoms with van der Waals surface area (Å²) in [5.74, 6) is 0.0348. The van der Waals surface area contributed by atoms with Gasteiger partial charge in [-0.15, -0.1) is 0 Å². The monoisotopic (exact) mass is 573 g/mol. The van der Waals surface area contributed by atoms with Crippen molar-refractivity contribution in [3.8, 4) is 22.7 Å². The Morgan fingerprint density at radius 2 is 1.68 bits per heavy atom. The van der Waals surface area contributed by atoms with Crippen LogP contribution in [0, 0.1) is 12.7 Å². The molecule has 1 N–H and O–H groups in total. The van der Waals surface area contributed by atoms with Crippen LogP contribution in [-0.4, -0.2) is 56.4 Å². The van der Waals surface area contributed by atoms with Crippen LogP contribution in [0.25, 0.3) is 27.8 Å². The molecule has 0 atom stereocenters. The summed E-state index contributed by atoms with van der Waals surface area (Å²) in [7, 11) is -2.88. The lowest BCUT2D eigenvalue weighted by Crippen LogP contribution is -2.36. The predicted molar refractivity (Wildman–Crippen MR) is 156 cm³/mol. The number of para-hydroxylation sites is 1. The Morgan fingerprint density at radius 1 is 0.951 bits per heavy atom. The van der Waals surface area contributed by atoms with Crippen molar-refractivity contribution in [2.75, 3.05) is 43.0 Å². The number of aryl methyl sites for hydroxylation is 1. The average molecular weight is 574 g/mol. The maximum atomic E-state index is 14.2. The van der Waals surface area contributed by atoms with Crippen molar-refractivity contribution in [1.29, 1.82) is 0 Å². The number of aromatic nitrogens is 3. The van der Waals surface area contributed by atoms with E-state index in [-0.39, 0.29) is 16.5 Å². The molecule has 41 heavy (non-hydrogen) atoms. The van der Waals surface area contributed by atoms with Gasteiger partial charge in [-0.05, 0) is 67.1 Å². The highest BCUT2D eigenvalue weighted by Crippen LogP contribution is 2.32. The molecule has 1 saturated heterocycles. The number of sulfonamides is 1. The second kappa shape index (κ2) is 10.8. The van der Waals surface area contributed by atoms with Crippen molar-refractivity contribution in [3.63, 3.8) is 0 Å². The van der Waals surface area contributed by atoms with Gasteiger partial charge in [-0.2, -0.15) is 0 Å². The Kier molecular flexibility index (Phi) is 7.06. The number of methoxy groups -OCH3 is 1. The number of hydrogen-bond acceptors (Lipinski definition) is 7. The third kappa shape index (κ3) is 5.21.